The maximum atomic E-state index is 10.4. The smallest absolute Gasteiger partial charge is 0.289 e. The van der Waals surface area contributed by atoms with Crippen LogP contribution in [-0.2, 0) is 9.22 Å². The maximum Gasteiger partial charge on any atom is 0.289 e. The largest absolute Gasteiger partial charge is 0.521 e. The van der Waals surface area contributed by atoms with E-state index in [4.69, 9.17) is 4.43 Å². The summed E-state index contributed by atoms with van der Waals surface area (Å²) in [6.45, 7) is 1.43. The minimum Gasteiger partial charge on any atom is -0.521 e. The highest BCUT2D eigenvalue weighted by atomic mass is 28.2. The van der Waals surface area contributed by atoms with Gasteiger partial charge < -0.3 is 4.43 Å². The van der Waals surface area contributed by atoms with Gasteiger partial charge >= 0.3 is 0 Å². The van der Waals surface area contributed by atoms with Gasteiger partial charge in [-0.2, -0.15) is 0 Å². The molecule has 0 amide bonds. The lowest BCUT2D eigenvalue weighted by Crippen LogP contribution is -2.00. The van der Waals surface area contributed by atoms with Gasteiger partial charge in [0, 0.05) is 6.92 Å². The number of rotatable bonds is 3. The van der Waals surface area contributed by atoms with Crippen LogP contribution in [0.1, 0.15) is 12.5 Å². The molecule has 3 heteroatoms. The second kappa shape index (κ2) is 5.32. The van der Waals surface area contributed by atoms with E-state index in [1.165, 1.54) is 6.92 Å². The molecule has 0 aromatic heterocycles. The Morgan fingerprint density at radius 3 is 2.69 bits per heavy atom. The molecule has 0 bridgehead atoms. The van der Waals surface area contributed by atoms with E-state index < -0.39 is 9.76 Å². The van der Waals surface area contributed by atoms with E-state index in [-0.39, 0.29) is 5.97 Å². The van der Waals surface area contributed by atoms with Gasteiger partial charge in [-0.1, -0.05) is 42.1 Å². The molecule has 2 nitrogen and oxygen atoms in total. The fourth-order valence-electron chi connectivity index (χ4n) is 0.914. The Kier molecular flexibility index (Phi) is 3.98. The molecule has 1 aromatic carbocycles. The average molecular weight is 192 g/mol. The molecule has 0 atom stereocenters. The third-order valence-corrected chi connectivity index (χ3v) is 2.49. The van der Waals surface area contributed by atoms with Gasteiger partial charge in [-0.25, -0.2) is 0 Å². The molecule has 0 N–H and O–H groups in total. The molecule has 1 aromatic rings. The van der Waals surface area contributed by atoms with Crippen molar-refractivity contribution in [1.82, 2.24) is 0 Å². The van der Waals surface area contributed by atoms with Gasteiger partial charge in [0.15, 0.2) is 0 Å². The van der Waals surface area contributed by atoms with Crippen molar-refractivity contribution in [3.05, 3.63) is 41.6 Å². The molecule has 0 fully saturated rings. The number of benzene rings is 1. The van der Waals surface area contributed by atoms with Crippen LogP contribution in [0, 0.1) is 0 Å². The minimum absolute atomic E-state index is 0.190. The number of carbonyl (C=O) groups is 1. The summed E-state index contributed by atoms with van der Waals surface area (Å²) in [4.78, 5) is 10.4. The molecule has 68 valence electrons. The summed E-state index contributed by atoms with van der Waals surface area (Å²) in [5.41, 5.74) is 3.10. The van der Waals surface area contributed by atoms with Crippen LogP contribution in [-0.4, -0.2) is 15.7 Å². The fourth-order valence-corrected chi connectivity index (χ4v) is 1.61. The highest BCUT2D eigenvalue weighted by molar-refractivity contribution is 6.38. The maximum absolute atomic E-state index is 10.4. The second-order valence-corrected chi connectivity index (χ2v) is 3.71. The first-order valence-corrected chi connectivity index (χ1v) is 5.53. The molecule has 1 rings (SSSR count). The van der Waals surface area contributed by atoms with E-state index in [1.807, 2.05) is 42.1 Å². The third kappa shape index (κ3) is 4.27. The lowest BCUT2D eigenvalue weighted by molar-refractivity contribution is -0.131. The zero-order valence-electron chi connectivity index (χ0n) is 7.57. The van der Waals surface area contributed by atoms with E-state index in [2.05, 4.69) is 0 Å². The summed E-state index contributed by atoms with van der Waals surface area (Å²) in [5, 5.41) is 0. The van der Waals surface area contributed by atoms with E-state index >= 15 is 0 Å². The zero-order valence-corrected chi connectivity index (χ0v) is 8.98. The van der Waals surface area contributed by atoms with Gasteiger partial charge in [0.05, 0.1) is 0 Å². The van der Waals surface area contributed by atoms with Crippen LogP contribution >= 0.6 is 0 Å². The zero-order chi connectivity index (χ0) is 9.52. The Labute approximate surface area is 80.2 Å². The lowest BCUT2D eigenvalue weighted by atomic mass is 10.2. The van der Waals surface area contributed by atoms with Crippen LogP contribution in [0.2, 0.25) is 0 Å². The first-order valence-electron chi connectivity index (χ1n) is 4.14. The summed E-state index contributed by atoms with van der Waals surface area (Å²) >= 11 is 0. The van der Waals surface area contributed by atoms with Crippen molar-refractivity contribution in [3.8, 4) is 0 Å². The Balaban J connectivity index is 2.37. The fraction of sp³-hybridized carbons (Fsp3) is 0.100. The highest BCUT2D eigenvalue weighted by Crippen LogP contribution is 1.99. The average Bonchev–Trinajstić information content (AvgIpc) is 2.14. The van der Waals surface area contributed by atoms with Crippen molar-refractivity contribution in [2.24, 2.45) is 0 Å². The Hall–Kier alpha value is -1.35. The van der Waals surface area contributed by atoms with Crippen molar-refractivity contribution in [1.29, 1.82) is 0 Å². The SMILES string of the molecule is CC(=O)O[SiH2]C=Cc1ccccc1. The number of carbonyl (C=O) groups excluding carboxylic acids is 1. The first-order chi connectivity index (χ1) is 6.29. The van der Waals surface area contributed by atoms with Crippen molar-refractivity contribution in [2.75, 3.05) is 0 Å². The van der Waals surface area contributed by atoms with Crippen molar-refractivity contribution < 1.29 is 9.22 Å². The molecule has 0 aliphatic carbocycles. The van der Waals surface area contributed by atoms with Crippen LogP contribution in [0.3, 0.4) is 0 Å². The van der Waals surface area contributed by atoms with Gasteiger partial charge in [0.1, 0.15) is 0 Å². The first kappa shape index (κ1) is 9.73. The highest BCUT2D eigenvalue weighted by Gasteiger charge is 1.88. The Morgan fingerprint density at radius 1 is 1.38 bits per heavy atom. The summed E-state index contributed by atoms with van der Waals surface area (Å²) in [6, 6.07) is 9.96. The molecule has 0 saturated heterocycles. The quantitative estimate of drug-likeness (QED) is 0.675. The van der Waals surface area contributed by atoms with Crippen LogP contribution in [0.5, 0.6) is 0 Å². The van der Waals surface area contributed by atoms with E-state index in [0.29, 0.717) is 0 Å². The molecule has 0 unspecified atom stereocenters. The summed E-state index contributed by atoms with van der Waals surface area (Å²) < 4.78 is 4.88. The van der Waals surface area contributed by atoms with Crippen molar-refractivity contribution in [3.63, 3.8) is 0 Å². The number of hydrogen-bond acceptors (Lipinski definition) is 2. The lowest BCUT2D eigenvalue weighted by Gasteiger charge is -1.94. The predicted molar refractivity (Wildman–Crippen MR) is 55.8 cm³/mol. The van der Waals surface area contributed by atoms with Gasteiger partial charge in [-0.3, -0.25) is 4.79 Å². The number of hydrogen-bond donors (Lipinski definition) is 0. The summed E-state index contributed by atoms with van der Waals surface area (Å²) in [6.07, 6.45) is 1.98. The topological polar surface area (TPSA) is 26.3 Å². The van der Waals surface area contributed by atoms with Crippen LogP contribution in [0.4, 0.5) is 0 Å². The van der Waals surface area contributed by atoms with Crippen LogP contribution < -0.4 is 0 Å². The van der Waals surface area contributed by atoms with Crippen molar-refractivity contribution in [2.45, 2.75) is 6.92 Å². The molecule has 0 spiro atoms. The Morgan fingerprint density at radius 2 is 2.08 bits per heavy atom. The van der Waals surface area contributed by atoms with Gasteiger partial charge in [0.25, 0.3) is 5.97 Å². The van der Waals surface area contributed by atoms with Crippen molar-refractivity contribution >= 4 is 21.8 Å². The molecule has 0 aliphatic rings. The molecule has 13 heavy (non-hydrogen) atoms. The Bertz CT molecular complexity index is 293. The standard InChI is InChI=1S/C10H12O2Si/c1-9(11)12-13-8-7-10-5-3-2-4-6-10/h2-8H,13H2,1H3. The molecule has 0 radical (unpaired) electrons. The van der Waals surface area contributed by atoms with Gasteiger partial charge in [-0.15, -0.1) is 0 Å². The summed E-state index contributed by atoms with van der Waals surface area (Å²) in [7, 11) is -0.810. The predicted octanol–water partition coefficient (Wildman–Crippen LogP) is 1.30. The van der Waals surface area contributed by atoms with Crippen LogP contribution in [0.25, 0.3) is 6.08 Å². The minimum atomic E-state index is -0.810. The van der Waals surface area contributed by atoms with Crippen LogP contribution in [0.15, 0.2) is 36.0 Å². The van der Waals surface area contributed by atoms with Gasteiger partial charge in [-0.05, 0) is 5.56 Å². The molecular weight excluding hydrogens is 180 g/mol. The molecular formula is C10H12O2Si. The summed E-state index contributed by atoms with van der Waals surface area (Å²) in [5.74, 6) is -0.190. The van der Waals surface area contributed by atoms with E-state index in [9.17, 15) is 4.79 Å². The second-order valence-electron chi connectivity index (χ2n) is 2.62. The molecule has 0 heterocycles. The monoisotopic (exact) mass is 192 g/mol. The third-order valence-electron chi connectivity index (χ3n) is 1.49. The van der Waals surface area contributed by atoms with E-state index in [1.54, 1.807) is 0 Å². The van der Waals surface area contributed by atoms with Gasteiger partial charge in [0.2, 0.25) is 9.76 Å². The normalized spacial score (nSPS) is 11.2. The van der Waals surface area contributed by atoms with E-state index in [0.717, 1.165) is 5.56 Å². The molecule has 0 saturated carbocycles. The molecule has 0 aliphatic heterocycles.